The van der Waals surface area contributed by atoms with E-state index in [2.05, 4.69) is 45.4 Å². The zero-order valence-corrected chi connectivity index (χ0v) is 44.4. The molecule has 2 saturated heterocycles. The second-order valence-electron chi connectivity index (χ2n) is 20.5. The van der Waals surface area contributed by atoms with E-state index < -0.39 is 11.2 Å². The summed E-state index contributed by atoms with van der Waals surface area (Å²) in [4.78, 5) is 48.2. The van der Waals surface area contributed by atoms with Crippen LogP contribution in [0.2, 0.25) is 5.28 Å². The van der Waals surface area contributed by atoms with Gasteiger partial charge in [0.15, 0.2) is 34.6 Å². The highest BCUT2D eigenvalue weighted by molar-refractivity contribution is 6.29. The van der Waals surface area contributed by atoms with Crippen LogP contribution in [0.1, 0.15) is 103 Å². The first-order chi connectivity index (χ1) is 35.5. The monoisotopic (exact) mass is 1050 g/mol. The van der Waals surface area contributed by atoms with Gasteiger partial charge >= 0.3 is 0 Å². The number of rotatable bonds is 12. The van der Waals surface area contributed by atoms with Crippen LogP contribution in [0.15, 0.2) is 61.2 Å². The average Bonchev–Trinajstić information content (AvgIpc) is 4.22. The summed E-state index contributed by atoms with van der Waals surface area (Å²) in [5, 5.41) is 12.1. The van der Waals surface area contributed by atoms with E-state index in [9.17, 15) is 14.0 Å². The van der Waals surface area contributed by atoms with E-state index in [1.54, 1.807) is 80.7 Å². The first-order valence-electron chi connectivity index (χ1n) is 24.3. The number of pyridine rings is 4. The molecule has 2 atom stereocenters. The van der Waals surface area contributed by atoms with Crippen molar-refractivity contribution in [2.45, 2.75) is 104 Å². The maximum Gasteiger partial charge on any atom is 0.210 e. The Bertz CT molecular complexity index is 3360. The van der Waals surface area contributed by atoms with Gasteiger partial charge in [0.25, 0.3) is 0 Å². The van der Waals surface area contributed by atoms with Crippen molar-refractivity contribution in [1.82, 2.24) is 58.6 Å². The fraction of sp³-hybridized carbons (Fsp3) is 0.423. The molecule has 10 rings (SSSR count). The van der Waals surface area contributed by atoms with Gasteiger partial charge in [0.2, 0.25) is 11.2 Å². The third-order valence-corrected chi connectivity index (χ3v) is 12.5. The van der Waals surface area contributed by atoms with Crippen molar-refractivity contribution >= 4 is 63.1 Å². The fourth-order valence-corrected chi connectivity index (χ4v) is 8.82. The molecular weight excluding hydrogens is 990 g/mol. The summed E-state index contributed by atoms with van der Waals surface area (Å²) in [6.07, 6.45) is 8.53. The highest BCUT2D eigenvalue weighted by Crippen LogP contribution is 2.36. The minimum Gasteiger partial charge on any atom is -0.456 e. The third-order valence-electron chi connectivity index (χ3n) is 12.2. The zero-order chi connectivity index (χ0) is 53.9. The number of aromatic nitrogens is 12. The summed E-state index contributed by atoms with van der Waals surface area (Å²) < 4.78 is 59.1. The molecule has 0 saturated carbocycles. The molecule has 0 amide bonds. The molecular formula is C52H61ClF2N14O6. The summed E-state index contributed by atoms with van der Waals surface area (Å²) >= 11 is 5.96. The predicted octanol–water partition coefficient (Wildman–Crippen LogP) is 9.43. The lowest BCUT2D eigenvalue weighted by molar-refractivity contribution is -0.117. The summed E-state index contributed by atoms with van der Waals surface area (Å²) in [7, 11) is 3.62. The van der Waals surface area contributed by atoms with Crippen LogP contribution >= 0.6 is 11.6 Å². The SMILES string of the molecule is CC(=O)Cc1cc(Oc2cnc3nc(Cl)n(C)c3c2)ccn1.CC(=O)Cc1cc(Oc2cnc3nc(Nc4nn([C@@H]5CCOC5)c(C(C)(C)C)c4F)n(C)c3c2)ccn1.CC(C)(C)c1c(F)c(N)nn1[C@@H]1CCOC1. The molecule has 23 heteroatoms. The van der Waals surface area contributed by atoms with E-state index >= 15 is 4.39 Å². The first-order valence-corrected chi connectivity index (χ1v) is 24.7. The molecule has 2 aliphatic heterocycles. The van der Waals surface area contributed by atoms with Crippen molar-refractivity contribution in [3.05, 3.63) is 101 Å². The van der Waals surface area contributed by atoms with Crippen LogP contribution in [0.25, 0.3) is 22.3 Å². The molecule has 0 unspecified atom stereocenters. The number of aryl methyl sites for hydroxylation is 2. The van der Waals surface area contributed by atoms with Gasteiger partial charge < -0.3 is 39.1 Å². The topological polar surface area (TPSA) is 232 Å². The van der Waals surface area contributed by atoms with Crippen molar-refractivity contribution in [2.24, 2.45) is 14.1 Å². The highest BCUT2D eigenvalue weighted by Gasteiger charge is 2.34. The molecule has 0 aromatic carbocycles. The summed E-state index contributed by atoms with van der Waals surface area (Å²) in [6, 6.07) is 10.6. The van der Waals surface area contributed by atoms with Gasteiger partial charge in [-0.3, -0.25) is 28.9 Å². The molecule has 396 valence electrons. The number of nitrogens with zero attached hydrogens (tertiary/aromatic N) is 12. The van der Waals surface area contributed by atoms with Gasteiger partial charge in [0, 0.05) is 87.6 Å². The number of hydrogen-bond donors (Lipinski definition) is 2. The molecule has 2 aliphatic rings. The standard InChI is InChI=1S/C26H30FN7O3.C15H13ClN4O2.C11H18FN3O/c1-15(35)10-16-11-18(6-8-28-16)37-19-12-20-23(29-13-19)30-25(33(20)5)31-24-21(27)22(26(2,3)4)34(32-24)17-7-9-36-14-17;1-9(21)5-10-6-11(3-4-17-10)22-12-7-13-14(18-8-12)19-15(16)20(13)2;1-11(2,3)9-8(12)10(13)14-15(9)7-4-5-16-6-7/h6,8,11-13,17H,7,9-10,14H2,1-5H3,(H,29,30,31,32);3-4,6-8H,5H2,1-2H3;7H,4-6H2,1-3H3,(H2,13,14)/t17-;;7-/m1.1/s1. The van der Waals surface area contributed by atoms with Crippen LogP contribution in [0, 0.1) is 11.6 Å². The number of carbonyl (C=O) groups excluding carboxylic acids is 2. The Morgan fingerprint density at radius 1 is 0.707 bits per heavy atom. The summed E-state index contributed by atoms with van der Waals surface area (Å²) in [5.41, 5.74) is 9.71. The third kappa shape index (κ3) is 12.6. The van der Waals surface area contributed by atoms with Crippen LogP contribution in [0.4, 0.5) is 26.4 Å². The molecule has 0 aliphatic carbocycles. The normalized spacial score (nSPS) is 15.6. The lowest BCUT2D eigenvalue weighted by atomic mass is 9.91. The molecule has 20 nitrogen and oxygen atoms in total. The molecule has 75 heavy (non-hydrogen) atoms. The summed E-state index contributed by atoms with van der Waals surface area (Å²) in [5.74, 6) is 1.99. The summed E-state index contributed by atoms with van der Waals surface area (Å²) in [6.45, 7) is 17.3. The maximum absolute atomic E-state index is 15.6. The number of Topliss-reactive ketones (excluding diaryl/α,β-unsaturated/α-hetero) is 2. The van der Waals surface area contributed by atoms with E-state index in [-0.39, 0.29) is 59.4 Å². The molecule has 2 fully saturated rings. The average molecular weight is 1050 g/mol. The quantitative estimate of drug-likeness (QED) is 0.116. The number of nitrogens with two attached hydrogens (primary N) is 1. The predicted molar refractivity (Wildman–Crippen MR) is 278 cm³/mol. The minimum absolute atomic E-state index is 0.00904. The Morgan fingerprint density at radius 2 is 1.19 bits per heavy atom. The van der Waals surface area contributed by atoms with E-state index in [1.165, 1.54) is 13.8 Å². The van der Waals surface area contributed by atoms with Crippen molar-refractivity contribution in [2.75, 3.05) is 37.5 Å². The number of nitrogen functional groups attached to an aromatic ring is 1. The minimum atomic E-state index is -0.447. The zero-order valence-electron chi connectivity index (χ0n) is 43.6. The van der Waals surface area contributed by atoms with E-state index in [1.807, 2.05) is 54.7 Å². The number of anilines is 3. The van der Waals surface area contributed by atoms with Gasteiger partial charge in [0.05, 0.1) is 71.5 Å². The number of ether oxygens (including phenoxy) is 4. The Kier molecular flexibility index (Phi) is 15.9. The first kappa shape index (κ1) is 53.8. The Morgan fingerprint density at radius 3 is 1.67 bits per heavy atom. The largest absolute Gasteiger partial charge is 0.456 e. The molecule has 0 radical (unpaired) electrons. The number of hydrogen-bond acceptors (Lipinski definition) is 16. The Hall–Kier alpha value is -7.43. The van der Waals surface area contributed by atoms with E-state index in [0.29, 0.717) is 100 Å². The number of halogens is 3. The molecule has 0 spiro atoms. The van der Waals surface area contributed by atoms with Crippen LogP contribution in [0.5, 0.6) is 23.0 Å². The van der Waals surface area contributed by atoms with Crippen LogP contribution in [-0.4, -0.2) is 96.6 Å². The van der Waals surface area contributed by atoms with Gasteiger partial charge in [-0.25, -0.2) is 18.7 Å². The van der Waals surface area contributed by atoms with Crippen LogP contribution < -0.4 is 20.5 Å². The van der Waals surface area contributed by atoms with Crippen molar-refractivity contribution in [1.29, 1.82) is 0 Å². The number of imidazole rings is 2. The second kappa shape index (κ2) is 22.2. The van der Waals surface area contributed by atoms with Crippen molar-refractivity contribution in [3.8, 4) is 23.0 Å². The second-order valence-corrected chi connectivity index (χ2v) is 20.8. The smallest absolute Gasteiger partial charge is 0.210 e. The van der Waals surface area contributed by atoms with Gasteiger partial charge in [-0.05, 0) is 50.4 Å². The van der Waals surface area contributed by atoms with E-state index in [0.717, 1.165) is 18.4 Å². The molecule has 10 heterocycles. The molecule has 8 aromatic heterocycles. The van der Waals surface area contributed by atoms with Gasteiger partial charge in [0.1, 0.15) is 34.6 Å². The molecule has 8 aromatic rings. The molecule has 0 bridgehead atoms. The Balaban J connectivity index is 0.000000166. The highest BCUT2D eigenvalue weighted by atomic mass is 35.5. The van der Waals surface area contributed by atoms with Crippen molar-refractivity contribution < 1.29 is 37.3 Å². The lowest BCUT2D eigenvalue weighted by Gasteiger charge is -2.22. The Labute approximate surface area is 437 Å². The number of carbonyl (C=O) groups is 2. The number of nitrogens with one attached hydrogen (secondary N) is 1. The van der Waals surface area contributed by atoms with E-state index in [4.69, 9.17) is 36.3 Å². The molecule has 3 N–H and O–H groups in total. The number of fused-ring (bicyclic) bond motifs is 2. The fourth-order valence-electron chi connectivity index (χ4n) is 8.65. The van der Waals surface area contributed by atoms with Gasteiger partial charge in [-0.2, -0.15) is 20.2 Å². The lowest BCUT2D eigenvalue weighted by Crippen LogP contribution is -2.23. The number of ketones is 2. The van der Waals surface area contributed by atoms with Gasteiger partial charge in [-0.15, -0.1) is 0 Å². The van der Waals surface area contributed by atoms with Crippen molar-refractivity contribution in [3.63, 3.8) is 0 Å². The van der Waals surface area contributed by atoms with Gasteiger partial charge in [-0.1, -0.05) is 41.5 Å². The van der Waals surface area contributed by atoms with Crippen LogP contribution in [0.3, 0.4) is 0 Å². The maximum atomic E-state index is 15.6. The van der Waals surface area contributed by atoms with Crippen LogP contribution in [-0.2, 0) is 56.8 Å².